The van der Waals surface area contributed by atoms with Gasteiger partial charge >= 0.3 is 0 Å². The van der Waals surface area contributed by atoms with E-state index in [4.69, 9.17) is 6.42 Å². The summed E-state index contributed by atoms with van der Waals surface area (Å²) in [6, 6.07) is 0. The number of aldehydes is 2. The van der Waals surface area contributed by atoms with E-state index >= 15 is 0 Å². The van der Waals surface area contributed by atoms with Crippen molar-refractivity contribution in [2.75, 3.05) is 0 Å². The third kappa shape index (κ3) is 49.7. The predicted molar refractivity (Wildman–Crippen MR) is 140 cm³/mol. The summed E-state index contributed by atoms with van der Waals surface area (Å²) in [6.45, 7) is 5.93. The van der Waals surface area contributed by atoms with Crippen molar-refractivity contribution in [3.8, 4) is 47.9 Å². The average molecular weight is 417 g/mol. The van der Waals surface area contributed by atoms with E-state index in [1.165, 1.54) is 0 Å². The minimum atomic E-state index is 0. The third-order valence-electron chi connectivity index (χ3n) is 2.68. The summed E-state index contributed by atoms with van der Waals surface area (Å²) in [5, 5.41) is 0. The molecule has 3 nitrogen and oxygen atoms in total. The molecule has 3 heteroatoms. The maximum atomic E-state index is 9.79. The van der Waals surface area contributed by atoms with Crippen molar-refractivity contribution in [1.29, 1.82) is 0 Å². The lowest BCUT2D eigenvalue weighted by atomic mass is 10.2. The summed E-state index contributed by atoms with van der Waals surface area (Å²) in [5.41, 5.74) is 0. The highest BCUT2D eigenvalue weighted by molar-refractivity contribution is 5.64. The second-order valence-electron chi connectivity index (χ2n) is 5.06. The number of unbranched alkanes of at least 4 members (excludes halogenated alkanes) is 2. The van der Waals surface area contributed by atoms with Crippen LogP contribution in [-0.4, -0.2) is 18.0 Å². The van der Waals surface area contributed by atoms with Crippen LogP contribution in [0.1, 0.15) is 66.4 Å². The van der Waals surface area contributed by atoms with Gasteiger partial charge in [-0.3, -0.25) is 9.59 Å². The Labute approximate surface area is 191 Å². The molecule has 0 radical (unpaired) electrons. The highest BCUT2D eigenvalue weighted by Gasteiger charge is 1.74. The minimum absolute atomic E-state index is 0. The molecule has 0 saturated heterocycles. The number of hydrogen-bond acceptors (Lipinski definition) is 2. The summed E-state index contributed by atoms with van der Waals surface area (Å²) >= 11 is 0. The molecule has 0 saturated carbocycles. The lowest BCUT2D eigenvalue weighted by Crippen LogP contribution is -1.65. The summed E-state index contributed by atoms with van der Waals surface area (Å²) in [6.07, 6.45) is 28.0. The van der Waals surface area contributed by atoms with Crippen molar-refractivity contribution in [3.63, 3.8) is 0 Å². The first-order chi connectivity index (χ1) is 14.2. The van der Waals surface area contributed by atoms with Crippen molar-refractivity contribution in [3.05, 3.63) is 48.6 Å². The summed E-state index contributed by atoms with van der Waals surface area (Å²) in [4.78, 5) is 19.6. The smallest absolute Gasteiger partial charge is 0.142 e. The molecule has 0 aliphatic rings. The Morgan fingerprint density at radius 1 is 0.667 bits per heavy atom. The van der Waals surface area contributed by atoms with Crippen LogP contribution in [0.15, 0.2) is 48.6 Å². The van der Waals surface area contributed by atoms with E-state index in [1.54, 1.807) is 19.1 Å². The number of hydrogen-bond donors (Lipinski definition) is 0. The highest BCUT2D eigenvalue weighted by Crippen LogP contribution is 1.93. The Morgan fingerprint density at radius 2 is 1.07 bits per heavy atom. The molecular weight excluding hydrogens is 372 g/mol. The van der Waals surface area contributed by atoms with Crippen LogP contribution in [0.25, 0.3) is 0 Å². The van der Waals surface area contributed by atoms with Crippen LogP contribution in [-0.2, 0) is 9.59 Å². The maximum Gasteiger partial charge on any atom is 0.142 e. The van der Waals surface area contributed by atoms with Crippen LogP contribution in [0.4, 0.5) is 0 Å². The van der Waals surface area contributed by atoms with E-state index in [0.29, 0.717) is 0 Å². The van der Waals surface area contributed by atoms with Gasteiger partial charge < -0.3 is 5.48 Å². The molecule has 0 amide bonds. The fraction of sp³-hybridized carbons (Fsp3) is 0.333. The van der Waals surface area contributed by atoms with Crippen LogP contribution < -0.4 is 0 Å². The largest absolute Gasteiger partial charge is 0.412 e. The molecule has 0 aromatic carbocycles. The quantitative estimate of drug-likeness (QED) is 0.143. The van der Waals surface area contributed by atoms with Gasteiger partial charge in [0.15, 0.2) is 0 Å². The summed E-state index contributed by atoms with van der Waals surface area (Å²) in [7, 11) is 0. The maximum absolute atomic E-state index is 9.79. The molecule has 0 aliphatic carbocycles. The fourth-order valence-corrected chi connectivity index (χ4v) is 1.45. The number of allylic oxidation sites excluding steroid dienone is 8. The molecule has 0 unspecified atom stereocenters. The zero-order chi connectivity index (χ0) is 22.3. The number of carbonyl (C=O) groups is 2. The van der Waals surface area contributed by atoms with E-state index in [2.05, 4.69) is 79.6 Å². The van der Waals surface area contributed by atoms with Crippen LogP contribution >= 0.6 is 0 Å². The van der Waals surface area contributed by atoms with E-state index < -0.39 is 0 Å². The molecule has 0 spiro atoms. The zero-order valence-corrected chi connectivity index (χ0v) is 18.4. The lowest BCUT2D eigenvalue weighted by Gasteiger charge is -1.83. The fourth-order valence-electron chi connectivity index (χ4n) is 1.45. The Bertz CT molecular complexity index is 713. The third-order valence-corrected chi connectivity index (χ3v) is 2.68. The highest BCUT2D eigenvalue weighted by atomic mass is 16.1. The number of terminal acetylenes is 1. The molecule has 0 aliphatic heterocycles. The van der Waals surface area contributed by atoms with Gasteiger partial charge in [-0.2, -0.15) is 0 Å². The second kappa shape index (κ2) is 40.3. The Balaban J connectivity index is -0.0000000382. The van der Waals surface area contributed by atoms with Crippen molar-refractivity contribution < 1.29 is 22.2 Å². The molecule has 30 heavy (non-hydrogen) atoms. The zero-order valence-electron chi connectivity index (χ0n) is 18.4. The van der Waals surface area contributed by atoms with Crippen molar-refractivity contribution in [2.45, 2.75) is 59.3 Å². The molecule has 0 rings (SSSR count). The molecule has 0 fully saturated rings. The van der Waals surface area contributed by atoms with Crippen molar-refractivity contribution >= 4 is 12.6 Å². The summed E-state index contributed by atoms with van der Waals surface area (Å²) < 4.78 is 0. The van der Waals surface area contributed by atoms with Crippen molar-refractivity contribution in [2.24, 2.45) is 0 Å². The summed E-state index contributed by atoms with van der Waals surface area (Å²) in [5.74, 6) is 17.0. The van der Waals surface area contributed by atoms with E-state index in [-0.39, 0.29) is 12.6 Å². The number of carbonyl (C=O) groups excluding carboxylic acids is 2. The molecule has 0 bridgehead atoms. The number of rotatable bonds is 10. The van der Waals surface area contributed by atoms with Crippen molar-refractivity contribution in [1.82, 2.24) is 0 Å². The van der Waals surface area contributed by atoms with Gasteiger partial charge in [0.25, 0.3) is 0 Å². The van der Waals surface area contributed by atoms with Crippen LogP contribution in [0.3, 0.4) is 0 Å². The normalized spacial score (nSPS) is 8.60. The molecule has 0 aromatic heterocycles. The van der Waals surface area contributed by atoms with E-state index in [1.807, 2.05) is 12.2 Å². The van der Waals surface area contributed by atoms with Gasteiger partial charge in [0, 0.05) is 7.13 Å². The van der Waals surface area contributed by atoms with Crippen LogP contribution in [0.2, 0.25) is 0 Å². The van der Waals surface area contributed by atoms with Gasteiger partial charge in [-0.15, -0.1) is 6.42 Å². The lowest BCUT2D eigenvalue weighted by molar-refractivity contribution is -0.104. The Morgan fingerprint density at radius 3 is 1.43 bits per heavy atom. The van der Waals surface area contributed by atoms with Gasteiger partial charge in [0.1, 0.15) is 12.6 Å². The Kier molecular flexibility index (Phi) is 45.7. The molecule has 0 atom stereocenters. The minimum Gasteiger partial charge on any atom is -0.412 e. The van der Waals surface area contributed by atoms with E-state index in [9.17, 15) is 9.59 Å². The van der Waals surface area contributed by atoms with E-state index in [0.717, 1.165) is 51.1 Å². The van der Waals surface area contributed by atoms with Gasteiger partial charge in [0.05, 0.1) is 0 Å². The SMILES string of the molecule is C#CC#CC#CC#CC.CC/C=C/CC/C=C/C=O.CC/C=C\CC/C=C/C=O.O.[HH].[HH].[HH].[HH].[HH]. The van der Waals surface area contributed by atoms with Gasteiger partial charge in [0.2, 0.25) is 0 Å². The van der Waals surface area contributed by atoms with Crippen LogP contribution in [0, 0.1) is 47.9 Å². The van der Waals surface area contributed by atoms with Gasteiger partial charge in [-0.1, -0.05) is 56.2 Å². The average Bonchev–Trinajstić information content (AvgIpc) is 2.74. The molecular formula is C27H44O3. The first-order valence-corrected chi connectivity index (χ1v) is 9.62. The Hall–Kier alpha value is -3.50. The van der Waals surface area contributed by atoms with Gasteiger partial charge in [-0.05, 0) is 93.1 Å². The van der Waals surface area contributed by atoms with Crippen LogP contribution in [0.5, 0.6) is 0 Å². The predicted octanol–water partition coefficient (Wildman–Crippen LogP) is 6.03. The first kappa shape index (κ1) is 34.0. The molecule has 170 valence electrons. The molecule has 0 heterocycles. The monoisotopic (exact) mass is 416 g/mol. The first-order valence-electron chi connectivity index (χ1n) is 9.62. The molecule has 2 N–H and O–H groups in total. The second-order valence-corrected chi connectivity index (χ2v) is 5.06. The molecule has 0 aromatic rings. The topological polar surface area (TPSA) is 65.6 Å². The standard InChI is InChI=1S/2C9H14O.C9H4.H2O.5H2/c2*1-2-3-4-5-6-7-8-9-10;1-3-5-7-9-8-6-4-2;;;;;;/h2*3-4,7-9H,2,5-6H2,1H3;1H,2H3;1H2;5*1H/b4-3+,8-7+;4-3-,8-7+;;;;;;;. The van der Waals surface area contributed by atoms with Gasteiger partial charge in [-0.25, -0.2) is 0 Å².